The summed E-state index contributed by atoms with van der Waals surface area (Å²) in [5, 5.41) is 2.90. The van der Waals surface area contributed by atoms with E-state index in [-0.39, 0.29) is 17.7 Å². The summed E-state index contributed by atoms with van der Waals surface area (Å²) in [6, 6.07) is 7.49. The Bertz CT molecular complexity index is 607. The number of nitrogens with one attached hydrogen (secondary N) is 1. The lowest BCUT2D eigenvalue weighted by Crippen LogP contribution is -2.43. The van der Waals surface area contributed by atoms with E-state index in [1.807, 2.05) is 19.1 Å². The fraction of sp³-hybridized carbons (Fsp3) is 0.588. The Morgan fingerprint density at radius 2 is 1.82 bits per heavy atom. The fourth-order valence-electron chi connectivity index (χ4n) is 2.97. The van der Waals surface area contributed by atoms with Crippen LogP contribution in [0.2, 0.25) is 0 Å². The zero-order valence-corrected chi connectivity index (χ0v) is 14.2. The highest BCUT2D eigenvalue weighted by molar-refractivity contribution is 7.91. The highest BCUT2D eigenvalue weighted by Crippen LogP contribution is 2.23. The van der Waals surface area contributed by atoms with Gasteiger partial charge >= 0.3 is 0 Å². The molecule has 1 aliphatic carbocycles. The van der Waals surface area contributed by atoms with Crippen LogP contribution >= 0.6 is 0 Å². The molecule has 1 N–H and O–H groups in total. The first-order chi connectivity index (χ1) is 10.4. The van der Waals surface area contributed by atoms with E-state index in [4.69, 9.17) is 0 Å². The largest absolute Gasteiger partial charge is 0.352 e. The molecule has 1 fully saturated rings. The molecule has 0 heterocycles. The van der Waals surface area contributed by atoms with Crippen LogP contribution < -0.4 is 5.32 Å². The highest BCUT2D eigenvalue weighted by atomic mass is 32.2. The first kappa shape index (κ1) is 17.0. The standard InChI is InChI=1S/C17H25NO3S/c1-13-7-9-15(10-8-13)11-22(20,21)12-17(19)18-16-6-4-3-5-14(16)2/h7-10,14,16H,3-6,11-12H2,1-2H3,(H,18,19). The molecule has 2 atom stereocenters. The quantitative estimate of drug-likeness (QED) is 0.906. The number of rotatable bonds is 5. The number of sulfone groups is 1. The third-order valence-corrected chi connectivity index (χ3v) is 5.79. The van der Waals surface area contributed by atoms with Gasteiger partial charge in [-0.05, 0) is 31.2 Å². The molecule has 0 radical (unpaired) electrons. The van der Waals surface area contributed by atoms with E-state index >= 15 is 0 Å². The summed E-state index contributed by atoms with van der Waals surface area (Å²) in [5.74, 6) is -0.450. The van der Waals surface area contributed by atoms with Gasteiger partial charge in [0.05, 0.1) is 5.75 Å². The lowest BCUT2D eigenvalue weighted by Gasteiger charge is -2.29. The number of hydrogen-bond acceptors (Lipinski definition) is 3. The molecule has 0 saturated heterocycles. The number of amides is 1. The maximum Gasteiger partial charge on any atom is 0.235 e. The van der Waals surface area contributed by atoms with Gasteiger partial charge in [-0.25, -0.2) is 8.42 Å². The average Bonchev–Trinajstić information content (AvgIpc) is 2.43. The van der Waals surface area contributed by atoms with Crippen LogP contribution in [0.4, 0.5) is 0 Å². The molecular weight excluding hydrogens is 298 g/mol. The van der Waals surface area contributed by atoms with E-state index in [0.717, 1.165) is 30.4 Å². The van der Waals surface area contributed by atoms with Crippen molar-refractivity contribution in [3.8, 4) is 0 Å². The zero-order chi connectivity index (χ0) is 16.2. The second-order valence-corrected chi connectivity index (χ2v) is 8.52. The number of hydrogen-bond donors (Lipinski definition) is 1. The van der Waals surface area contributed by atoms with Crippen LogP contribution in [-0.4, -0.2) is 26.1 Å². The third-order valence-electron chi connectivity index (χ3n) is 4.32. The maximum absolute atomic E-state index is 12.2. The molecule has 0 aliphatic heterocycles. The van der Waals surface area contributed by atoms with E-state index in [9.17, 15) is 13.2 Å². The molecule has 0 aromatic heterocycles. The van der Waals surface area contributed by atoms with Crippen LogP contribution in [0.3, 0.4) is 0 Å². The van der Waals surface area contributed by atoms with Gasteiger partial charge in [-0.15, -0.1) is 0 Å². The van der Waals surface area contributed by atoms with Gasteiger partial charge in [0, 0.05) is 6.04 Å². The molecule has 0 bridgehead atoms. The van der Waals surface area contributed by atoms with Crippen molar-refractivity contribution >= 4 is 15.7 Å². The summed E-state index contributed by atoms with van der Waals surface area (Å²) in [4.78, 5) is 12.0. The minimum Gasteiger partial charge on any atom is -0.352 e. The molecule has 2 rings (SSSR count). The van der Waals surface area contributed by atoms with Gasteiger partial charge in [-0.1, -0.05) is 49.6 Å². The first-order valence-electron chi connectivity index (χ1n) is 7.91. The van der Waals surface area contributed by atoms with Crippen molar-refractivity contribution < 1.29 is 13.2 Å². The van der Waals surface area contributed by atoms with Crippen molar-refractivity contribution in [3.63, 3.8) is 0 Å². The molecule has 1 aromatic carbocycles. The smallest absolute Gasteiger partial charge is 0.235 e. The van der Waals surface area contributed by atoms with Crippen molar-refractivity contribution in [2.45, 2.75) is 51.3 Å². The minimum atomic E-state index is -3.43. The van der Waals surface area contributed by atoms with Gasteiger partial charge in [0.25, 0.3) is 0 Å². The normalized spacial score (nSPS) is 22.3. The second kappa shape index (κ2) is 7.27. The Morgan fingerprint density at radius 3 is 2.45 bits per heavy atom. The van der Waals surface area contributed by atoms with Crippen LogP contribution in [0.5, 0.6) is 0 Å². The van der Waals surface area contributed by atoms with Gasteiger partial charge in [0.2, 0.25) is 5.91 Å². The van der Waals surface area contributed by atoms with E-state index in [2.05, 4.69) is 12.2 Å². The third kappa shape index (κ3) is 5.13. The van der Waals surface area contributed by atoms with E-state index in [0.29, 0.717) is 5.92 Å². The Balaban J connectivity index is 1.90. The van der Waals surface area contributed by atoms with Crippen LogP contribution in [0.15, 0.2) is 24.3 Å². The molecule has 2 unspecified atom stereocenters. The molecule has 1 aromatic rings. The summed E-state index contributed by atoms with van der Waals surface area (Å²) in [7, 11) is -3.43. The molecule has 5 heteroatoms. The van der Waals surface area contributed by atoms with Gasteiger partial charge in [0.1, 0.15) is 5.75 Å². The lowest BCUT2D eigenvalue weighted by atomic mass is 9.86. The fourth-order valence-corrected chi connectivity index (χ4v) is 4.25. The van der Waals surface area contributed by atoms with Crippen molar-refractivity contribution in [1.82, 2.24) is 5.32 Å². The van der Waals surface area contributed by atoms with Crippen LogP contribution in [0.25, 0.3) is 0 Å². The average molecular weight is 323 g/mol. The number of aryl methyl sites for hydroxylation is 1. The predicted octanol–water partition coefficient (Wildman–Crippen LogP) is 2.60. The topological polar surface area (TPSA) is 63.2 Å². The summed E-state index contributed by atoms with van der Waals surface area (Å²) in [6.45, 7) is 4.07. The van der Waals surface area contributed by atoms with Gasteiger partial charge in [0.15, 0.2) is 9.84 Å². The second-order valence-electron chi connectivity index (χ2n) is 6.45. The van der Waals surface area contributed by atoms with Crippen LogP contribution in [-0.2, 0) is 20.4 Å². The number of benzene rings is 1. The van der Waals surface area contributed by atoms with Gasteiger partial charge in [-0.3, -0.25) is 4.79 Å². The van der Waals surface area contributed by atoms with Crippen molar-refractivity contribution in [1.29, 1.82) is 0 Å². The summed E-state index contributed by atoms with van der Waals surface area (Å²) in [5.41, 5.74) is 1.81. The Labute approximate surface area is 133 Å². The summed E-state index contributed by atoms with van der Waals surface area (Å²) in [6.07, 6.45) is 4.34. The molecule has 1 saturated carbocycles. The van der Waals surface area contributed by atoms with Crippen LogP contribution in [0, 0.1) is 12.8 Å². The number of carbonyl (C=O) groups is 1. The molecule has 1 amide bonds. The lowest BCUT2D eigenvalue weighted by molar-refractivity contribution is -0.119. The van der Waals surface area contributed by atoms with E-state index in [1.54, 1.807) is 12.1 Å². The monoisotopic (exact) mass is 323 g/mol. The number of carbonyl (C=O) groups excluding carboxylic acids is 1. The molecule has 0 spiro atoms. The molecule has 1 aliphatic rings. The summed E-state index contributed by atoms with van der Waals surface area (Å²) >= 11 is 0. The first-order valence-corrected chi connectivity index (χ1v) is 9.73. The summed E-state index contributed by atoms with van der Waals surface area (Å²) < 4.78 is 24.3. The van der Waals surface area contributed by atoms with Crippen molar-refractivity contribution in [2.24, 2.45) is 5.92 Å². The Kier molecular flexibility index (Phi) is 5.62. The Hall–Kier alpha value is -1.36. The van der Waals surface area contributed by atoms with Crippen LogP contribution in [0.1, 0.15) is 43.7 Å². The van der Waals surface area contributed by atoms with Crippen molar-refractivity contribution in [2.75, 3.05) is 5.75 Å². The van der Waals surface area contributed by atoms with E-state index < -0.39 is 15.6 Å². The molecule has 122 valence electrons. The molecule has 22 heavy (non-hydrogen) atoms. The van der Waals surface area contributed by atoms with Gasteiger partial charge < -0.3 is 5.32 Å². The maximum atomic E-state index is 12.2. The zero-order valence-electron chi connectivity index (χ0n) is 13.3. The Morgan fingerprint density at radius 1 is 1.18 bits per heavy atom. The highest BCUT2D eigenvalue weighted by Gasteiger charge is 2.25. The predicted molar refractivity (Wildman–Crippen MR) is 88.2 cm³/mol. The molecule has 4 nitrogen and oxygen atoms in total. The minimum absolute atomic E-state index is 0.0824. The molecular formula is C17H25NO3S. The SMILES string of the molecule is Cc1ccc(CS(=O)(=O)CC(=O)NC2CCCCC2C)cc1. The van der Waals surface area contributed by atoms with E-state index in [1.165, 1.54) is 6.42 Å². The van der Waals surface area contributed by atoms with Crippen molar-refractivity contribution in [3.05, 3.63) is 35.4 Å². The van der Waals surface area contributed by atoms with Gasteiger partial charge in [-0.2, -0.15) is 0 Å².